The van der Waals surface area contributed by atoms with Crippen LogP contribution in [0.3, 0.4) is 0 Å². The number of hydrogen-bond acceptors (Lipinski definition) is 2. The third kappa shape index (κ3) is 5.22. The molecule has 0 bridgehead atoms. The van der Waals surface area contributed by atoms with E-state index in [1.807, 2.05) is 30.3 Å². The van der Waals surface area contributed by atoms with E-state index in [1.165, 1.54) is 0 Å². The highest BCUT2D eigenvalue weighted by molar-refractivity contribution is 6.83. The first kappa shape index (κ1) is 14.6. The number of aliphatic hydroxyl groups is 1. The molecule has 0 radical (unpaired) electrons. The standard InChI is InChI=1S/C15H20O2Si/c1-17-15-7-5-13(6-8-15)11-14(12-16)9-10-18(2,3)4/h5-8,11,16H,12H2,1-4H3/b14-11-. The fraction of sp³-hybridized carbons (Fsp3) is 0.333. The summed E-state index contributed by atoms with van der Waals surface area (Å²) in [5.74, 6) is 3.90. The Hall–Kier alpha value is -1.50. The monoisotopic (exact) mass is 260 g/mol. The van der Waals surface area contributed by atoms with E-state index in [1.54, 1.807) is 7.11 Å². The second-order valence-electron chi connectivity index (χ2n) is 5.10. The highest BCUT2D eigenvalue weighted by atomic mass is 28.3. The molecule has 0 saturated heterocycles. The maximum atomic E-state index is 9.30. The molecular weight excluding hydrogens is 240 g/mol. The minimum atomic E-state index is -1.40. The predicted octanol–water partition coefficient (Wildman–Crippen LogP) is 2.95. The first-order chi connectivity index (χ1) is 8.44. The second-order valence-corrected chi connectivity index (χ2v) is 9.85. The predicted molar refractivity (Wildman–Crippen MR) is 79.2 cm³/mol. The van der Waals surface area contributed by atoms with Gasteiger partial charge in [-0.05, 0) is 23.8 Å². The normalized spacial score (nSPS) is 11.7. The highest BCUT2D eigenvalue weighted by Crippen LogP contribution is 2.13. The van der Waals surface area contributed by atoms with Crippen LogP contribution in [-0.4, -0.2) is 26.9 Å². The van der Waals surface area contributed by atoms with Gasteiger partial charge in [0, 0.05) is 5.57 Å². The van der Waals surface area contributed by atoms with Gasteiger partial charge in [-0.15, -0.1) is 5.54 Å². The zero-order valence-electron chi connectivity index (χ0n) is 11.4. The topological polar surface area (TPSA) is 29.5 Å². The van der Waals surface area contributed by atoms with E-state index in [9.17, 15) is 5.11 Å². The van der Waals surface area contributed by atoms with Gasteiger partial charge >= 0.3 is 0 Å². The molecule has 0 heterocycles. The van der Waals surface area contributed by atoms with Gasteiger partial charge in [0.15, 0.2) is 0 Å². The van der Waals surface area contributed by atoms with E-state index >= 15 is 0 Å². The van der Waals surface area contributed by atoms with Gasteiger partial charge < -0.3 is 9.84 Å². The van der Waals surface area contributed by atoms with Gasteiger partial charge in [-0.2, -0.15) is 0 Å². The lowest BCUT2D eigenvalue weighted by atomic mass is 10.1. The Balaban J connectivity index is 2.92. The van der Waals surface area contributed by atoms with Crippen LogP contribution >= 0.6 is 0 Å². The lowest BCUT2D eigenvalue weighted by molar-refractivity contribution is 0.337. The molecule has 0 amide bonds. The zero-order chi connectivity index (χ0) is 13.6. The molecule has 0 spiro atoms. The van der Waals surface area contributed by atoms with Crippen molar-refractivity contribution in [3.8, 4) is 17.2 Å². The van der Waals surface area contributed by atoms with E-state index < -0.39 is 8.07 Å². The van der Waals surface area contributed by atoms with Crippen molar-refractivity contribution in [2.24, 2.45) is 0 Å². The van der Waals surface area contributed by atoms with Crippen molar-refractivity contribution >= 4 is 14.1 Å². The number of benzene rings is 1. The molecule has 18 heavy (non-hydrogen) atoms. The number of ether oxygens (including phenoxy) is 1. The summed E-state index contributed by atoms with van der Waals surface area (Å²) in [6.45, 7) is 6.52. The number of rotatable bonds is 3. The molecule has 0 atom stereocenters. The number of hydrogen-bond donors (Lipinski definition) is 1. The van der Waals surface area contributed by atoms with Crippen LogP contribution in [0.15, 0.2) is 29.8 Å². The smallest absolute Gasteiger partial charge is 0.129 e. The number of aliphatic hydroxyl groups excluding tert-OH is 1. The Morgan fingerprint density at radius 2 is 1.89 bits per heavy atom. The summed E-state index contributed by atoms with van der Waals surface area (Å²) in [6.07, 6.45) is 1.91. The highest BCUT2D eigenvalue weighted by Gasteiger charge is 2.07. The average molecular weight is 260 g/mol. The molecule has 1 rings (SSSR count). The Morgan fingerprint density at radius 1 is 1.28 bits per heavy atom. The summed E-state index contributed by atoms with van der Waals surface area (Å²) < 4.78 is 5.10. The maximum absolute atomic E-state index is 9.30. The van der Waals surface area contributed by atoms with Crippen LogP contribution in [0, 0.1) is 11.5 Å². The van der Waals surface area contributed by atoms with Crippen LogP contribution in [0.25, 0.3) is 6.08 Å². The molecule has 0 aliphatic rings. The van der Waals surface area contributed by atoms with Gasteiger partial charge in [0.05, 0.1) is 13.7 Å². The zero-order valence-corrected chi connectivity index (χ0v) is 12.4. The van der Waals surface area contributed by atoms with Crippen LogP contribution in [0.1, 0.15) is 5.56 Å². The van der Waals surface area contributed by atoms with Crippen LogP contribution in [0.2, 0.25) is 19.6 Å². The van der Waals surface area contributed by atoms with Gasteiger partial charge in [-0.3, -0.25) is 0 Å². The summed E-state index contributed by atoms with van der Waals surface area (Å²) in [7, 11) is 0.241. The lowest BCUT2D eigenvalue weighted by Crippen LogP contribution is -2.16. The van der Waals surface area contributed by atoms with E-state index in [4.69, 9.17) is 4.74 Å². The van der Waals surface area contributed by atoms with Crippen LogP contribution < -0.4 is 4.74 Å². The SMILES string of the molecule is COc1ccc(/C=C(/C#C[Si](C)(C)C)CO)cc1. The third-order valence-electron chi connectivity index (χ3n) is 2.23. The molecule has 1 N–H and O–H groups in total. The van der Waals surface area contributed by atoms with Crippen molar-refractivity contribution in [3.63, 3.8) is 0 Å². The lowest BCUT2D eigenvalue weighted by Gasteiger charge is -2.04. The van der Waals surface area contributed by atoms with E-state index in [0.717, 1.165) is 16.9 Å². The maximum Gasteiger partial charge on any atom is 0.129 e. The van der Waals surface area contributed by atoms with Crippen molar-refractivity contribution in [2.75, 3.05) is 13.7 Å². The van der Waals surface area contributed by atoms with Crippen LogP contribution in [0.4, 0.5) is 0 Å². The minimum absolute atomic E-state index is 0.0243. The molecule has 3 heteroatoms. The Labute approximate surface area is 110 Å². The summed E-state index contributed by atoms with van der Waals surface area (Å²) in [5.41, 5.74) is 5.02. The fourth-order valence-corrected chi connectivity index (χ4v) is 1.83. The Morgan fingerprint density at radius 3 is 2.33 bits per heavy atom. The van der Waals surface area contributed by atoms with Crippen molar-refractivity contribution in [2.45, 2.75) is 19.6 Å². The summed E-state index contributed by atoms with van der Waals surface area (Å²) in [5, 5.41) is 9.30. The largest absolute Gasteiger partial charge is 0.497 e. The minimum Gasteiger partial charge on any atom is -0.497 e. The summed E-state index contributed by atoms with van der Waals surface area (Å²) >= 11 is 0. The molecule has 1 aromatic rings. The molecule has 96 valence electrons. The van der Waals surface area contributed by atoms with Gasteiger partial charge in [-0.1, -0.05) is 37.7 Å². The molecule has 0 fully saturated rings. The third-order valence-corrected chi connectivity index (χ3v) is 3.10. The molecular formula is C15H20O2Si. The van der Waals surface area contributed by atoms with Crippen molar-refractivity contribution in [3.05, 3.63) is 35.4 Å². The van der Waals surface area contributed by atoms with Crippen molar-refractivity contribution < 1.29 is 9.84 Å². The van der Waals surface area contributed by atoms with Crippen LogP contribution in [0.5, 0.6) is 5.75 Å². The Kier molecular flexibility index (Phi) is 5.20. The Bertz CT molecular complexity index is 470. The molecule has 0 aliphatic heterocycles. The van der Waals surface area contributed by atoms with E-state index in [-0.39, 0.29) is 6.61 Å². The molecule has 0 unspecified atom stereocenters. The molecule has 1 aromatic carbocycles. The number of methoxy groups -OCH3 is 1. The van der Waals surface area contributed by atoms with E-state index in [2.05, 4.69) is 31.1 Å². The van der Waals surface area contributed by atoms with E-state index in [0.29, 0.717) is 0 Å². The van der Waals surface area contributed by atoms with Gasteiger partial charge in [0.25, 0.3) is 0 Å². The first-order valence-corrected chi connectivity index (χ1v) is 9.43. The first-order valence-electron chi connectivity index (χ1n) is 5.93. The second kappa shape index (κ2) is 6.44. The molecule has 2 nitrogen and oxygen atoms in total. The van der Waals surface area contributed by atoms with Gasteiger partial charge in [0.2, 0.25) is 0 Å². The fourth-order valence-electron chi connectivity index (χ4n) is 1.29. The average Bonchev–Trinajstić information content (AvgIpc) is 2.34. The quantitative estimate of drug-likeness (QED) is 0.669. The summed E-state index contributed by atoms with van der Waals surface area (Å²) in [6, 6.07) is 7.69. The van der Waals surface area contributed by atoms with Crippen LogP contribution in [-0.2, 0) is 0 Å². The van der Waals surface area contributed by atoms with Gasteiger partial charge in [0.1, 0.15) is 13.8 Å². The molecule has 0 aromatic heterocycles. The van der Waals surface area contributed by atoms with Crippen molar-refractivity contribution in [1.82, 2.24) is 0 Å². The molecule has 0 aliphatic carbocycles. The summed E-state index contributed by atoms with van der Waals surface area (Å²) in [4.78, 5) is 0. The van der Waals surface area contributed by atoms with Gasteiger partial charge in [-0.25, -0.2) is 0 Å². The molecule has 0 saturated carbocycles. The van der Waals surface area contributed by atoms with Crippen molar-refractivity contribution in [1.29, 1.82) is 0 Å².